The summed E-state index contributed by atoms with van der Waals surface area (Å²) in [6, 6.07) is 8.09. The van der Waals surface area contributed by atoms with Crippen LogP contribution in [0.3, 0.4) is 0 Å². The predicted octanol–water partition coefficient (Wildman–Crippen LogP) is -0.239. The minimum absolute atomic E-state index is 0.0810. The van der Waals surface area contributed by atoms with E-state index in [9.17, 15) is 8.42 Å². The summed E-state index contributed by atoms with van der Waals surface area (Å²) >= 11 is 0. The van der Waals surface area contributed by atoms with Crippen LogP contribution >= 0.6 is 0 Å². The molecule has 3 rings (SSSR count). The van der Waals surface area contributed by atoms with Crippen LogP contribution in [0.15, 0.2) is 52.6 Å². The van der Waals surface area contributed by atoms with E-state index in [1.165, 1.54) is 12.1 Å². The highest BCUT2D eigenvalue weighted by atomic mass is 32.2. The fraction of sp³-hybridized carbons (Fsp3) is 0.312. The number of aromatic nitrogens is 2. The van der Waals surface area contributed by atoms with Crippen molar-refractivity contribution >= 4 is 21.9 Å². The zero-order chi connectivity index (χ0) is 18.6. The molecule has 0 saturated carbocycles. The first-order valence-electron chi connectivity index (χ1n) is 8.12. The van der Waals surface area contributed by atoms with Crippen LogP contribution in [0.25, 0.3) is 0 Å². The van der Waals surface area contributed by atoms with E-state index in [1.807, 2.05) is 4.90 Å². The second-order valence-corrected chi connectivity index (χ2v) is 7.45. The summed E-state index contributed by atoms with van der Waals surface area (Å²) in [6.45, 7) is 3.38. The summed E-state index contributed by atoms with van der Waals surface area (Å²) in [7, 11) is -3.68. The van der Waals surface area contributed by atoms with E-state index >= 15 is 0 Å². The van der Waals surface area contributed by atoms with Gasteiger partial charge in [-0.25, -0.2) is 28.5 Å². The molecule has 1 aliphatic heterocycles. The maximum absolute atomic E-state index is 11.3. The maximum Gasteiger partial charge on any atom is 0.238 e. The number of rotatable bonds is 4. The molecular weight excluding hydrogens is 354 g/mol. The highest BCUT2D eigenvalue weighted by Crippen LogP contribution is 2.11. The van der Waals surface area contributed by atoms with Gasteiger partial charge >= 0.3 is 0 Å². The zero-order valence-corrected chi connectivity index (χ0v) is 15.0. The van der Waals surface area contributed by atoms with Crippen LogP contribution in [0.1, 0.15) is 5.56 Å². The molecule has 1 aromatic carbocycles. The highest BCUT2D eigenvalue weighted by molar-refractivity contribution is 7.89. The molecule has 1 aromatic heterocycles. The fourth-order valence-electron chi connectivity index (χ4n) is 2.65. The van der Waals surface area contributed by atoms with Crippen molar-refractivity contribution in [3.05, 3.63) is 48.3 Å². The number of sulfonamides is 1. The minimum atomic E-state index is -3.68. The van der Waals surface area contributed by atoms with Crippen molar-refractivity contribution < 1.29 is 8.42 Å². The van der Waals surface area contributed by atoms with Crippen molar-refractivity contribution in [3.63, 3.8) is 0 Å². The molecule has 0 aliphatic carbocycles. The summed E-state index contributed by atoms with van der Waals surface area (Å²) in [5.41, 5.74) is 6.95. The smallest absolute Gasteiger partial charge is 0.238 e. The molecule has 0 atom stereocenters. The van der Waals surface area contributed by atoms with E-state index < -0.39 is 10.0 Å². The van der Waals surface area contributed by atoms with Crippen LogP contribution in [-0.4, -0.2) is 55.4 Å². The molecule has 4 N–H and O–H groups in total. The monoisotopic (exact) mass is 375 g/mol. The van der Waals surface area contributed by atoms with Crippen LogP contribution in [0.4, 0.5) is 5.95 Å². The molecule has 1 aliphatic rings. The Bertz CT molecular complexity index is 861. The van der Waals surface area contributed by atoms with Gasteiger partial charge in [0.15, 0.2) is 5.96 Å². The van der Waals surface area contributed by atoms with E-state index in [0.717, 1.165) is 37.7 Å². The third-order valence-corrected chi connectivity index (χ3v) is 5.04. The van der Waals surface area contributed by atoms with Gasteiger partial charge in [-0.2, -0.15) is 0 Å². The molecule has 9 nitrogen and oxygen atoms in total. The molecule has 0 bridgehead atoms. The highest BCUT2D eigenvalue weighted by Gasteiger charge is 2.19. The van der Waals surface area contributed by atoms with Gasteiger partial charge in [0, 0.05) is 38.6 Å². The number of nitrogens with zero attached hydrogens (tertiary/aromatic N) is 5. The lowest BCUT2D eigenvalue weighted by molar-refractivity contribution is 0.378. The SMILES string of the molecule is NC(=NCc1ccc(S(N)(=O)=O)cc1)N1CCN(c2ncccn2)CC1. The lowest BCUT2D eigenvalue weighted by atomic mass is 10.2. The Hall–Kier alpha value is -2.72. The second kappa shape index (κ2) is 7.67. The Labute approximate surface area is 152 Å². The van der Waals surface area contributed by atoms with Gasteiger partial charge in [0.2, 0.25) is 16.0 Å². The van der Waals surface area contributed by atoms with E-state index in [1.54, 1.807) is 30.6 Å². The Morgan fingerprint density at radius 2 is 1.69 bits per heavy atom. The molecule has 0 amide bonds. The number of piperazine rings is 1. The topological polar surface area (TPSA) is 131 Å². The van der Waals surface area contributed by atoms with Crippen molar-refractivity contribution in [1.82, 2.24) is 14.9 Å². The molecular formula is C16H21N7O2S. The largest absolute Gasteiger partial charge is 0.370 e. The number of hydrogen-bond donors (Lipinski definition) is 2. The predicted molar refractivity (Wildman–Crippen MR) is 99.0 cm³/mol. The van der Waals surface area contributed by atoms with Crippen molar-refractivity contribution in [2.24, 2.45) is 15.9 Å². The van der Waals surface area contributed by atoms with E-state index in [2.05, 4.69) is 19.9 Å². The molecule has 0 radical (unpaired) electrons. The number of nitrogens with two attached hydrogens (primary N) is 2. The number of hydrogen-bond acceptors (Lipinski definition) is 6. The molecule has 0 spiro atoms. The van der Waals surface area contributed by atoms with Crippen molar-refractivity contribution in [1.29, 1.82) is 0 Å². The molecule has 2 heterocycles. The lowest BCUT2D eigenvalue weighted by Gasteiger charge is -2.35. The van der Waals surface area contributed by atoms with Gasteiger partial charge in [-0.3, -0.25) is 0 Å². The zero-order valence-electron chi connectivity index (χ0n) is 14.2. The lowest BCUT2D eigenvalue weighted by Crippen LogP contribution is -2.51. The Kier molecular flexibility index (Phi) is 5.33. The Balaban J connectivity index is 1.56. The normalized spacial score (nSPS) is 16.0. The number of anilines is 1. The third-order valence-electron chi connectivity index (χ3n) is 4.11. The van der Waals surface area contributed by atoms with Crippen molar-refractivity contribution in [2.75, 3.05) is 31.1 Å². The van der Waals surface area contributed by atoms with Gasteiger partial charge in [0.1, 0.15) is 0 Å². The van der Waals surface area contributed by atoms with Crippen LogP contribution in [-0.2, 0) is 16.6 Å². The van der Waals surface area contributed by atoms with Gasteiger partial charge in [-0.15, -0.1) is 0 Å². The van der Waals surface area contributed by atoms with E-state index in [-0.39, 0.29) is 4.90 Å². The maximum atomic E-state index is 11.3. The quantitative estimate of drug-likeness (QED) is 0.557. The standard InChI is InChI=1S/C16H21N7O2S/c17-15(21-12-13-2-4-14(5-3-13)26(18,24)25)22-8-10-23(11-9-22)16-19-6-1-7-20-16/h1-7H,8-12H2,(H2,17,21)(H2,18,24,25). The third kappa shape index (κ3) is 4.46. The molecule has 138 valence electrons. The second-order valence-electron chi connectivity index (χ2n) is 5.89. The van der Waals surface area contributed by atoms with Gasteiger partial charge in [-0.1, -0.05) is 12.1 Å². The average molecular weight is 375 g/mol. The van der Waals surface area contributed by atoms with Crippen LogP contribution in [0.5, 0.6) is 0 Å². The molecule has 26 heavy (non-hydrogen) atoms. The molecule has 1 fully saturated rings. The van der Waals surface area contributed by atoms with Crippen molar-refractivity contribution in [2.45, 2.75) is 11.4 Å². The first-order chi connectivity index (χ1) is 12.4. The molecule has 2 aromatic rings. The van der Waals surface area contributed by atoms with Gasteiger partial charge in [-0.05, 0) is 23.8 Å². The Morgan fingerprint density at radius 1 is 1.08 bits per heavy atom. The molecule has 0 unspecified atom stereocenters. The summed E-state index contributed by atoms with van der Waals surface area (Å²) in [5.74, 6) is 1.19. The summed E-state index contributed by atoms with van der Waals surface area (Å²) < 4.78 is 22.5. The van der Waals surface area contributed by atoms with Crippen molar-refractivity contribution in [3.8, 4) is 0 Å². The molecule has 10 heteroatoms. The Morgan fingerprint density at radius 3 is 2.27 bits per heavy atom. The first kappa shape index (κ1) is 18.1. The van der Waals surface area contributed by atoms with Crippen LogP contribution in [0.2, 0.25) is 0 Å². The number of aliphatic imine (C=N–C) groups is 1. The minimum Gasteiger partial charge on any atom is -0.370 e. The number of benzene rings is 1. The average Bonchev–Trinajstić information content (AvgIpc) is 2.66. The summed E-state index contributed by atoms with van der Waals surface area (Å²) in [5, 5.41) is 5.08. The fourth-order valence-corrected chi connectivity index (χ4v) is 3.16. The molecule has 1 saturated heterocycles. The van der Waals surface area contributed by atoms with Gasteiger partial charge in [0.25, 0.3) is 0 Å². The van der Waals surface area contributed by atoms with Gasteiger partial charge < -0.3 is 15.5 Å². The van der Waals surface area contributed by atoms with E-state index in [4.69, 9.17) is 10.9 Å². The number of guanidine groups is 1. The summed E-state index contributed by atoms with van der Waals surface area (Å²) in [4.78, 5) is 17.1. The van der Waals surface area contributed by atoms with Crippen LogP contribution in [0, 0.1) is 0 Å². The van der Waals surface area contributed by atoms with Crippen LogP contribution < -0.4 is 15.8 Å². The van der Waals surface area contributed by atoms with Gasteiger partial charge in [0.05, 0.1) is 11.4 Å². The van der Waals surface area contributed by atoms with E-state index in [0.29, 0.717) is 12.5 Å². The summed E-state index contributed by atoms with van der Waals surface area (Å²) in [6.07, 6.45) is 3.46. The first-order valence-corrected chi connectivity index (χ1v) is 9.67. The number of primary sulfonamides is 1.